The summed E-state index contributed by atoms with van der Waals surface area (Å²) in [5.41, 5.74) is 7.49. The van der Waals surface area contributed by atoms with Gasteiger partial charge in [-0.3, -0.25) is 0 Å². The minimum atomic E-state index is -1.19. The molecule has 2 rings (SSSR count). The van der Waals surface area contributed by atoms with Crippen LogP contribution >= 0.6 is 0 Å². The SMILES string of the molecule is Cc1ccc(C(C)(C)C2=CC([Si](C)(C)C)=CC2)c(C)c1C. The molecule has 0 heterocycles. The molecule has 0 saturated heterocycles. The van der Waals surface area contributed by atoms with Gasteiger partial charge in [0.05, 0.1) is 8.07 Å². The van der Waals surface area contributed by atoms with Gasteiger partial charge in [0.2, 0.25) is 0 Å². The van der Waals surface area contributed by atoms with Gasteiger partial charge in [0.25, 0.3) is 0 Å². The second-order valence-electron chi connectivity index (χ2n) is 8.09. The second kappa shape index (κ2) is 5.28. The van der Waals surface area contributed by atoms with E-state index < -0.39 is 8.07 Å². The van der Waals surface area contributed by atoms with Crippen molar-refractivity contribution in [3.8, 4) is 0 Å². The van der Waals surface area contributed by atoms with Crippen molar-refractivity contribution in [1.82, 2.24) is 0 Å². The molecular weight excluding hydrogens is 268 g/mol. The van der Waals surface area contributed by atoms with Gasteiger partial charge >= 0.3 is 0 Å². The predicted octanol–water partition coefficient (Wildman–Crippen LogP) is 6.02. The molecule has 0 radical (unpaired) electrons. The Bertz CT molecular complexity index is 622. The third-order valence-corrected chi connectivity index (χ3v) is 7.35. The summed E-state index contributed by atoms with van der Waals surface area (Å²) < 4.78 is 0. The van der Waals surface area contributed by atoms with Gasteiger partial charge in [0.15, 0.2) is 0 Å². The standard InChI is InChI=1S/C20H30Si/c1-14-9-12-19(16(3)15(14)2)20(4,5)17-10-11-18(13-17)21(6,7)8/h9,11-13H,10H2,1-8H3. The van der Waals surface area contributed by atoms with Crippen LogP contribution in [0.4, 0.5) is 0 Å². The van der Waals surface area contributed by atoms with Crippen LogP contribution in [0.25, 0.3) is 0 Å². The van der Waals surface area contributed by atoms with Crippen LogP contribution in [0.2, 0.25) is 19.6 Å². The fraction of sp³-hybridized carbons (Fsp3) is 0.500. The van der Waals surface area contributed by atoms with Crippen LogP contribution in [0.3, 0.4) is 0 Å². The van der Waals surface area contributed by atoms with Gasteiger partial charge in [-0.2, -0.15) is 0 Å². The maximum absolute atomic E-state index is 2.50. The smallest absolute Gasteiger partial charge is 0.0771 e. The number of benzene rings is 1. The fourth-order valence-electron chi connectivity index (χ4n) is 3.29. The molecule has 0 N–H and O–H groups in total. The van der Waals surface area contributed by atoms with Gasteiger partial charge in [-0.05, 0) is 49.4 Å². The maximum atomic E-state index is 2.50. The Labute approximate surface area is 132 Å². The Morgan fingerprint density at radius 3 is 2.10 bits per heavy atom. The van der Waals surface area contributed by atoms with Crippen molar-refractivity contribution in [2.75, 3.05) is 0 Å². The number of rotatable bonds is 3. The summed E-state index contributed by atoms with van der Waals surface area (Å²) in [6.45, 7) is 18.8. The molecule has 0 unspecified atom stereocenters. The van der Waals surface area contributed by atoms with E-state index in [2.05, 4.69) is 78.5 Å². The van der Waals surface area contributed by atoms with E-state index in [9.17, 15) is 0 Å². The Morgan fingerprint density at radius 1 is 0.952 bits per heavy atom. The van der Waals surface area contributed by atoms with E-state index in [0.29, 0.717) is 0 Å². The summed E-state index contributed by atoms with van der Waals surface area (Å²) in [5.74, 6) is 0. The summed E-state index contributed by atoms with van der Waals surface area (Å²) in [5, 5.41) is 1.62. The number of hydrogen-bond acceptors (Lipinski definition) is 0. The molecule has 0 fully saturated rings. The molecule has 1 aliphatic carbocycles. The maximum Gasteiger partial charge on any atom is 0.0771 e. The summed E-state index contributed by atoms with van der Waals surface area (Å²) in [7, 11) is -1.19. The molecule has 0 aromatic heterocycles. The minimum absolute atomic E-state index is 0.125. The summed E-state index contributed by atoms with van der Waals surface area (Å²) >= 11 is 0. The zero-order valence-electron chi connectivity index (χ0n) is 15.0. The molecular formula is C20H30Si. The summed E-state index contributed by atoms with van der Waals surface area (Å²) in [6.07, 6.45) is 6.10. The van der Waals surface area contributed by atoms with E-state index in [0.717, 1.165) is 6.42 Å². The molecule has 0 amide bonds. The molecule has 0 atom stereocenters. The average Bonchev–Trinajstić information content (AvgIpc) is 2.85. The number of hydrogen-bond donors (Lipinski definition) is 0. The first-order valence-corrected chi connectivity index (χ1v) is 11.5. The van der Waals surface area contributed by atoms with E-state index in [-0.39, 0.29) is 5.41 Å². The number of aryl methyl sites for hydroxylation is 1. The van der Waals surface area contributed by atoms with Gasteiger partial charge in [-0.1, -0.05) is 68.5 Å². The molecule has 21 heavy (non-hydrogen) atoms. The lowest BCUT2D eigenvalue weighted by Crippen LogP contribution is -2.23. The first-order chi connectivity index (χ1) is 9.55. The second-order valence-corrected chi connectivity index (χ2v) is 13.2. The lowest BCUT2D eigenvalue weighted by molar-refractivity contribution is 0.608. The van der Waals surface area contributed by atoms with Crippen molar-refractivity contribution in [1.29, 1.82) is 0 Å². The van der Waals surface area contributed by atoms with Crippen molar-refractivity contribution in [2.24, 2.45) is 0 Å². The molecule has 0 saturated carbocycles. The largest absolute Gasteiger partial charge is 0.0812 e. The van der Waals surface area contributed by atoms with Gasteiger partial charge < -0.3 is 0 Å². The highest BCUT2D eigenvalue weighted by Crippen LogP contribution is 2.41. The van der Waals surface area contributed by atoms with Crippen molar-refractivity contribution >= 4 is 8.07 Å². The molecule has 1 aromatic carbocycles. The van der Waals surface area contributed by atoms with E-state index in [1.807, 2.05) is 0 Å². The minimum Gasteiger partial charge on any atom is -0.0812 e. The average molecular weight is 299 g/mol. The summed E-state index contributed by atoms with van der Waals surface area (Å²) in [6, 6.07) is 4.62. The van der Waals surface area contributed by atoms with Crippen molar-refractivity contribution in [3.05, 3.63) is 57.3 Å². The highest BCUT2D eigenvalue weighted by Gasteiger charge is 2.31. The molecule has 1 aromatic rings. The monoisotopic (exact) mass is 298 g/mol. The normalized spacial score (nSPS) is 16.0. The van der Waals surface area contributed by atoms with Crippen molar-refractivity contribution < 1.29 is 0 Å². The van der Waals surface area contributed by atoms with Gasteiger partial charge in [-0.25, -0.2) is 0 Å². The molecule has 0 spiro atoms. The van der Waals surface area contributed by atoms with E-state index in [1.54, 1.807) is 10.8 Å². The Kier molecular flexibility index (Phi) is 4.09. The lowest BCUT2D eigenvalue weighted by Gasteiger charge is -2.30. The van der Waals surface area contributed by atoms with Crippen LogP contribution in [0, 0.1) is 20.8 Å². The Balaban J connectivity index is 2.44. The third-order valence-electron chi connectivity index (χ3n) is 5.27. The van der Waals surface area contributed by atoms with Crippen LogP contribution in [0.1, 0.15) is 42.5 Å². The topological polar surface area (TPSA) is 0 Å². The quantitative estimate of drug-likeness (QED) is 0.598. The molecule has 0 nitrogen and oxygen atoms in total. The van der Waals surface area contributed by atoms with Crippen LogP contribution in [-0.2, 0) is 5.41 Å². The fourth-order valence-corrected chi connectivity index (χ4v) is 4.61. The zero-order chi connectivity index (χ0) is 16.0. The first kappa shape index (κ1) is 16.3. The Morgan fingerprint density at radius 2 is 1.57 bits per heavy atom. The van der Waals surface area contributed by atoms with Crippen LogP contribution in [0.5, 0.6) is 0 Å². The predicted molar refractivity (Wildman–Crippen MR) is 97.8 cm³/mol. The molecule has 0 aliphatic heterocycles. The molecule has 1 heteroatoms. The van der Waals surface area contributed by atoms with Crippen molar-refractivity contribution in [2.45, 2.75) is 66.1 Å². The molecule has 1 aliphatic rings. The van der Waals surface area contributed by atoms with Crippen LogP contribution < -0.4 is 0 Å². The van der Waals surface area contributed by atoms with E-state index in [1.165, 1.54) is 22.3 Å². The molecule has 114 valence electrons. The highest BCUT2D eigenvalue weighted by molar-refractivity contribution is 6.83. The van der Waals surface area contributed by atoms with Gasteiger partial charge in [-0.15, -0.1) is 0 Å². The van der Waals surface area contributed by atoms with Crippen molar-refractivity contribution in [3.63, 3.8) is 0 Å². The number of allylic oxidation sites excluding steroid dienone is 4. The van der Waals surface area contributed by atoms with Crippen LogP contribution in [0.15, 0.2) is 35.1 Å². The third kappa shape index (κ3) is 2.94. The van der Waals surface area contributed by atoms with Gasteiger partial charge in [0, 0.05) is 5.41 Å². The first-order valence-electron chi connectivity index (χ1n) is 8.04. The molecule has 0 bridgehead atoms. The lowest BCUT2D eigenvalue weighted by atomic mass is 9.74. The van der Waals surface area contributed by atoms with Crippen LogP contribution in [-0.4, -0.2) is 8.07 Å². The van der Waals surface area contributed by atoms with E-state index >= 15 is 0 Å². The summed E-state index contributed by atoms with van der Waals surface area (Å²) in [4.78, 5) is 0. The zero-order valence-corrected chi connectivity index (χ0v) is 16.0. The highest BCUT2D eigenvalue weighted by atomic mass is 28.3. The van der Waals surface area contributed by atoms with Gasteiger partial charge in [0.1, 0.15) is 0 Å². The Hall–Kier alpha value is -1.08. The van der Waals surface area contributed by atoms with E-state index in [4.69, 9.17) is 0 Å².